The summed E-state index contributed by atoms with van der Waals surface area (Å²) < 4.78 is 2.20. The quantitative estimate of drug-likeness (QED) is 0.755. The maximum absolute atomic E-state index is 5.94. The molecular formula is C14H19N3. The van der Waals surface area contributed by atoms with E-state index in [9.17, 15) is 0 Å². The zero-order valence-electron chi connectivity index (χ0n) is 10.7. The topological polar surface area (TPSA) is 43.3 Å². The van der Waals surface area contributed by atoms with Crippen LogP contribution in [0.5, 0.6) is 0 Å². The second-order valence-electron chi connectivity index (χ2n) is 6.00. The van der Waals surface area contributed by atoms with Crippen LogP contribution in [-0.2, 0) is 12.8 Å². The molecule has 90 valence electrons. The highest BCUT2D eigenvalue weighted by atomic mass is 15.0. The molecule has 0 saturated heterocycles. The predicted octanol–water partition coefficient (Wildman–Crippen LogP) is 2.74. The molecule has 3 nitrogen and oxygen atoms in total. The highest BCUT2D eigenvalue weighted by Crippen LogP contribution is 2.35. The SMILES string of the molecule is Cc1cc(N)cn2c3c(nc12)CCC(C)(C)C3. The van der Waals surface area contributed by atoms with E-state index in [0.717, 1.165) is 29.7 Å². The number of aryl methyl sites for hydroxylation is 2. The zero-order chi connectivity index (χ0) is 12.2. The van der Waals surface area contributed by atoms with Gasteiger partial charge < -0.3 is 10.1 Å². The van der Waals surface area contributed by atoms with Crippen molar-refractivity contribution in [1.29, 1.82) is 0 Å². The summed E-state index contributed by atoms with van der Waals surface area (Å²) in [5.74, 6) is 0. The lowest BCUT2D eigenvalue weighted by atomic mass is 9.78. The summed E-state index contributed by atoms with van der Waals surface area (Å²) in [5.41, 5.74) is 12.0. The van der Waals surface area contributed by atoms with Crippen LogP contribution < -0.4 is 5.73 Å². The summed E-state index contributed by atoms with van der Waals surface area (Å²) in [4.78, 5) is 4.77. The molecule has 1 aliphatic rings. The van der Waals surface area contributed by atoms with Gasteiger partial charge in [-0.2, -0.15) is 0 Å². The lowest BCUT2D eigenvalue weighted by Crippen LogP contribution is -2.22. The molecule has 0 bridgehead atoms. The van der Waals surface area contributed by atoms with Crippen molar-refractivity contribution in [3.8, 4) is 0 Å². The molecule has 1 aliphatic carbocycles. The van der Waals surface area contributed by atoms with Crippen LogP contribution in [0.15, 0.2) is 12.3 Å². The van der Waals surface area contributed by atoms with Gasteiger partial charge in [-0.25, -0.2) is 4.98 Å². The molecule has 0 fully saturated rings. The number of hydrogen-bond donors (Lipinski definition) is 1. The lowest BCUT2D eigenvalue weighted by molar-refractivity contribution is 0.309. The molecule has 2 aromatic heterocycles. The summed E-state index contributed by atoms with van der Waals surface area (Å²) >= 11 is 0. The Hall–Kier alpha value is -1.51. The number of nitrogens with zero attached hydrogens (tertiary/aromatic N) is 2. The molecule has 0 aliphatic heterocycles. The van der Waals surface area contributed by atoms with Crippen LogP contribution in [0.2, 0.25) is 0 Å². The molecule has 0 aromatic carbocycles. The summed E-state index contributed by atoms with van der Waals surface area (Å²) in [5, 5.41) is 0. The number of pyridine rings is 1. The monoisotopic (exact) mass is 229 g/mol. The van der Waals surface area contributed by atoms with Crippen molar-refractivity contribution < 1.29 is 0 Å². The minimum absolute atomic E-state index is 0.376. The molecule has 17 heavy (non-hydrogen) atoms. The van der Waals surface area contributed by atoms with Gasteiger partial charge in [0.05, 0.1) is 5.69 Å². The average Bonchev–Trinajstić information content (AvgIpc) is 2.55. The molecule has 0 radical (unpaired) electrons. The molecule has 2 heterocycles. The van der Waals surface area contributed by atoms with Crippen molar-refractivity contribution >= 4 is 11.3 Å². The summed E-state index contributed by atoms with van der Waals surface area (Å²) in [6, 6.07) is 2.00. The molecule has 2 aromatic rings. The standard InChI is InChI=1S/C14H19N3/c1-9-6-10(15)8-17-12-7-14(2,3)5-4-11(12)16-13(9)17/h6,8H,4-5,7,15H2,1-3H3. The van der Waals surface area contributed by atoms with Crippen LogP contribution in [0.25, 0.3) is 5.65 Å². The molecule has 3 heteroatoms. The van der Waals surface area contributed by atoms with Gasteiger partial charge in [0, 0.05) is 17.6 Å². The Morgan fingerprint density at radius 2 is 2.18 bits per heavy atom. The van der Waals surface area contributed by atoms with Crippen molar-refractivity contribution in [1.82, 2.24) is 9.38 Å². The molecule has 0 amide bonds. The first kappa shape index (κ1) is 10.6. The molecule has 0 spiro atoms. The fourth-order valence-corrected chi connectivity index (χ4v) is 2.82. The molecule has 0 saturated carbocycles. The normalized spacial score (nSPS) is 18.3. The van der Waals surface area contributed by atoms with Gasteiger partial charge in [-0.15, -0.1) is 0 Å². The van der Waals surface area contributed by atoms with E-state index in [1.165, 1.54) is 17.8 Å². The number of rotatable bonds is 0. The first-order chi connectivity index (χ1) is 7.96. The van der Waals surface area contributed by atoms with Crippen LogP contribution in [0.1, 0.15) is 37.2 Å². The number of nitrogens with two attached hydrogens (primary N) is 1. The summed E-state index contributed by atoms with van der Waals surface area (Å²) in [6.45, 7) is 6.73. The van der Waals surface area contributed by atoms with E-state index < -0.39 is 0 Å². The molecule has 2 N–H and O–H groups in total. The van der Waals surface area contributed by atoms with Gasteiger partial charge in [0.2, 0.25) is 0 Å². The van der Waals surface area contributed by atoms with Crippen LogP contribution in [0.3, 0.4) is 0 Å². The van der Waals surface area contributed by atoms with Crippen molar-refractivity contribution in [2.45, 2.75) is 40.0 Å². The van der Waals surface area contributed by atoms with E-state index in [1.807, 2.05) is 12.3 Å². The van der Waals surface area contributed by atoms with Crippen molar-refractivity contribution in [3.05, 3.63) is 29.2 Å². The Morgan fingerprint density at radius 1 is 1.41 bits per heavy atom. The Balaban J connectivity index is 2.28. The van der Waals surface area contributed by atoms with Crippen LogP contribution in [0, 0.1) is 12.3 Å². The average molecular weight is 229 g/mol. The number of imidazole rings is 1. The third-order valence-corrected chi connectivity index (χ3v) is 3.79. The largest absolute Gasteiger partial charge is 0.398 e. The number of aromatic nitrogens is 2. The van der Waals surface area contributed by atoms with Crippen molar-refractivity contribution in [2.75, 3.05) is 5.73 Å². The van der Waals surface area contributed by atoms with Crippen molar-refractivity contribution in [2.24, 2.45) is 5.41 Å². The van der Waals surface area contributed by atoms with E-state index in [2.05, 4.69) is 25.2 Å². The minimum atomic E-state index is 0.376. The Morgan fingerprint density at radius 3 is 2.94 bits per heavy atom. The second kappa shape index (κ2) is 3.25. The number of anilines is 1. The summed E-state index contributed by atoms with van der Waals surface area (Å²) in [7, 11) is 0. The van der Waals surface area contributed by atoms with Crippen LogP contribution in [0.4, 0.5) is 5.69 Å². The number of hydrogen-bond acceptors (Lipinski definition) is 2. The molecule has 3 rings (SSSR count). The van der Waals surface area contributed by atoms with E-state index >= 15 is 0 Å². The van der Waals surface area contributed by atoms with E-state index in [-0.39, 0.29) is 0 Å². The Kier molecular flexibility index (Phi) is 2.03. The van der Waals surface area contributed by atoms with Gasteiger partial charge in [0.1, 0.15) is 5.65 Å². The number of fused-ring (bicyclic) bond motifs is 3. The van der Waals surface area contributed by atoms with E-state index in [0.29, 0.717) is 5.41 Å². The van der Waals surface area contributed by atoms with E-state index in [1.54, 1.807) is 0 Å². The Labute approximate surface area is 102 Å². The van der Waals surface area contributed by atoms with Gasteiger partial charge in [0.25, 0.3) is 0 Å². The fraction of sp³-hybridized carbons (Fsp3) is 0.500. The van der Waals surface area contributed by atoms with Gasteiger partial charge in [-0.05, 0) is 43.2 Å². The highest BCUT2D eigenvalue weighted by Gasteiger charge is 2.28. The van der Waals surface area contributed by atoms with Gasteiger partial charge >= 0.3 is 0 Å². The van der Waals surface area contributed by atoms with E-state index in [4.69, 9.17) is 10.7 Å². The first-order valence-electron chi connectivity index (χ1n) is 6.22. The minimum Gasteiger partial charge on any atom is -0.398 e. The smallest absolute Gasteiger partial charge is 0.140 e. The van der Waals surface area contributed by atoms with Crippen LogP contribution >= 0.6 is 0 Å². The lowest BCUT2D eigenvalue weighted by Gasteiger charge is -2.28. The third-order valence-electron chi connectivity index (χ3n) is 3.79. The zero-order valence-corrected chi connectivity index (χ0v) is 10.7. The molecule has 0 atom stereocenters. The third kappa shape index (κ3) is 1.61. The predicted molar refractivity (Wildman–Crippen MR) is 70.1 cm³/mol. The second-order valence-corrected chi connectivity index (χ2v) is 6.00. The summed E-state index contributed by atoms with van der Waals surface area (Å²) in [6.07, 6.45) is 5.41. The van der Waals surface area contributed by atoms with Crippen molar-refractivity contribution in [3.63, 3.8) is 0 Å². The fourth-order valence-electron chi connectivity index (χ4n) is 2.82. The van der Waals surface area contributed by atoms with Gasteiger partial charge in [-0.3, -0.25) is 0 Å². The highest BCUT2D eigenvalue weighted by molar-refractivity contribution is 5.57. The maximum atomic E-state index is 5.94. The van der Waals surface area contributed by atoms with Crippen LogP contribution in [-0.4, -0.2) is 9.38 Å². The van der Waals surface area contributed by atoms with Gasteiger partial charge in [-0.1, -0.05) is 13.8 Å². The molecule has 0 unspecified atom stereocenters. The Bertz CT molecular complexity index is 593. The first-order valence-corrected chi connectivity index (χ1v) is 6.22. The van der Waals surface area contributed by atoms with Gasteiger partial charge in [0.15, 0.2) is 0 Å². The molecular weight excluding hydrogens is 210 g/mol. The maximum Gasteiger partial charge on any atom is 0.140 e. The number of nitrogen functional groups attached to an aromatic ring is 1.